The Bertz CT molecular complexity index is 1070. The number of hydrogen-bond donors (Lipinski definition) is 3. The quantitative estimate of drug-likeness (QED) is 0.510. The van der Waals surface area contributed by atoms with E-state index in [-0.39, 0.29) is 30.2 Å². The number of ether oxygens (including phenoxy) is 1. The van der Waals surface area contributed by atoms with Crippen LogP contribution in [0.4, 0.5) is 5.69 Å². The maximum Gasteiger partial charge on any atom is 0.313 e. The molecule has 0 radical (unpaired) electrons. The van der Waals surface area contributed by atoms with Gasteiger partial charge in [0, 0.05) is 31.0 Å². The highest BCUT2D eigenvalue weighted by Crippen LogP contribution is 2.18. The first-order valence-electron chi connectivity index (χ1n) is 9.55. The fourth-order valence-electron chi connectivity index (χ4n) is 2.85. The lowest BCUT2D eigenvalue weighted by molar-refractivity contribution is -0.136. The van der Waals surface area contributed by atoms with E-state index in [1.54, 1.807) is 62.0 Å². The summed E-state index contributed by atoms with van der Waals surface area (Å²) in [6, 6.07) is 17.3. The third-order valence-corrected chi connectivity index (χ3v) is 4.46. The molecule has 3 rings (SSSR count). The minimum atomic E-state index is -0.862. The van der Waals surface area contributed by atoms with Crippen molar-refractivity contribution in [2.75, 3.05) is 12.4 Å². The number of benzene rings is 2. The Labute approximate surface area is 179 Å². The van der Waals surface area contributed by atoms with Crippen molar-refractivity contribution in [2.45, 2.75) is 13.1 Å². The van der Waals surface area contributed by atoms with E-state index in [4.69, 9.17) is 4.74 Å². The number of amides is 3. The van der Waals surface area contributed by atoms with Crippen LogP contribution in [0.5, 0.6) is 5.75 Å². The van der Waals surface area contributed by atoms with Crippen molar-refractivity contribution in [3.8, 4) is 5.75 Å². The number of carbonyl (C=O) groups is 3. The molecule has 158 valence electrons. The number of carbonyl (C=O) groups excluding carboxylic acids is 3. The molecule has 31 heavy (non-hydrogen) atoms. The fraction of sp³-hybridized carbons (Fsp3) is 0.130. The lowest BCUT2D eigenvalue weighted by Gasteiger charge is -2.13. The number of hydrogen-bond acceptors (Lipinski definition) is 5. The zero-order chi connectivity index (χ0) is 22.1. The Balaban J connectivity index is 1.62. The third kappa shape index (κ3) is 5.89. The molecule has 0 spiro atoms. The molecule has 1 aromatic heterocycles. The minimum absolute atomic E-state index is 0.190. The van der Waals surface area contributed by atoms with Crippen LogP contribution in [0.1, 0.15) is 21.5 Å². The maximum atomic E-state index is 12.7. The maximum absolute atomic E-state index is 12.7. The van der Waals surface area contributed by atoms with Crippen molar-refractivity contribution >= 4 is 23.4 Å². The molecular weight excluding hydrogens is 396 g/mol. The molecule has 0 saturated carbocycles. The first kappa shape index (κ1) is 21.5. The topological polar surface area (TPSA) is 109 Å². The summed E-state index contributed by atoms with van der Waals surface area (Å²) in [5.74, 6) is -1.39. The van der Waals surface area contributed by atoms with E-state index in [0.717, 1.165) is 11.1 Å². The second kappa shape index (κ2) is 10.5. The predicted octanol–water partition coefficient (Wildman–Crippen LogP) is 2.28. The van der Waals surface area contributed by atoms with Crippen LogP contribution in [0.3, 0.4) is 0 Å². The SMILES string of the molecule is COc1ccccc1CNC(=O)c1ccccc1NC(=O)C(=O)NCc1ccncc1. The highest BCUT2D eigenvalue weighted by molar-refractivity contribution is 6.40. The van der Waals surface area contributed by atoms with E-state index in [2.05, 4.69) is 20.9 Å². The number of pyridine rings is 1. The minimum Gasteiger partial charge on any atom is -0.496 e. The average Bonchev–Trinajstić information content (AvgIpc) is 2.82. The van der Waals surface area contributed by atoms with Gasteiger partial charge in [-0.1, -0.05) is 30.3 Å². The largest absolute Gasteiger partial charge is 0.496 e. The molecular formula is C23H22N4O4. The Morgan fingerprint density at radius 3 is 2.32 bits per heavy atom. The van der Waals surface area contributed by atoms with Gasteiger partial charge in [0.1, 0.15) is 5.75 Å². The molecule has 8 nitrogen and oxygen atoms in total. The molecule has 0 unspecified atom stereocenters. The van der Waals surface area contributed by atoms with E-state index in [0.29, 0.717) is 5.75 Å². The molecule has 0 saturated heterocycles. The molecule has 3 aromatic rings. The van der Waals surface area contributed by atoms with Gasteiger partial charge in [0.15, 0.2) is 0 Å². The summed E-state index contributed by atoms with van der Waals surface area (Å²) in [6.45, 7) is 0.438. The van der Waals surface area contributed by atoms with E-state index in [9.17, 15) is 14.4 Å². The summed E-state index contributed by atoms with van der Waals surface area (Å²) < 4.78 is 5.28. The van der Waals surface area contributed by atoms with Gasteiger partial charge in [-0.25, -0.2) is 0 Å². The third-order valence-electron chi connectivity index (χ3n) is 4.46. The lowest BCUT2D eigenvalue weighted by Crippen LogP contribution is -2.35. The van der Waals surface area contributed by atoms with Gasteiger partial charge in [-0.05, 0) is 35.9 Å². The first-order valence-corrected chi connectivity index (χ1v) is 9.55. The zero-order valence-corrected chi connectivity index (χ0v) is 16.9. The van der Waals surface area contributed by atoms with Crippen LogP contribution in [0.25, 0.3) is 0 Å². The normalized spacial score (nSPS) is 10.1. The number of rotatable bonds is 7. The summed E-state index contributed by atoms with van der Waals surface area (Å²) in [6.07, 6.45) is 3.20. The molecule has 3 N–H and O–H groups in total. The molecule has 0 aliphatic carbocycles. The number of para-hydroxylation sites is 2. The van der Waals surface area contributed by atoms with Gasteiger partial charge in [0.25, 0.3) is 5.91 Å². The van der Waals surface area contributed by atoms with Crippen LogP contribution < -0.4 is 20.7 Å². The second-order valence-corrected chi connectivity index (χ2v) is 6.53. The van der Waals surface area contributed by atoms with E-state index in [1.165, 1.54) is 0 Å². The van der Waals surface area contributed by atoms with Crippen LogP contribution in [0, 0.1) is 0 Å². The highest BCUT2D eigenvalue weighted by Gasteiger charge is 2.18. The summed E-state index contributed by atoms with van der Waals surface area (Å²) in [4.78, 5) is 41.0. The Hall–Kier alpha value is -4.20. The standard InChI is InChI=1S/C23H22N4O4/c1-31-20-9-5-2-6-17(20)15-26-21(28)18-7-3-4-8-19(18)27-23(30)22(29)25-14-16-10-12-24-13-11-16/h2-13H,14-15H2,1H3,(H,25,29)(H,26,28)(H,27,30). The molecule has 0 aliphatic heterocycles. The van der Waals surface area contributed by atoms with Crippen molar-refractivity contribution < 1.29 is 19.1 Å². The van der Waals surface area contributed by atoms with Crippen molar-refractivity contribution in [1.82, 2.24) is 15.6 Å². The monoisotopic (exact) mass is 418 g/mol. The van der Waals surface area contributed by atoms with Gasteiger partial charge in [-0.3, -0.25) is 19.4 Å². The van der Waals surface area contributed by atoms with Crippen molar-refractivity contribution in [2.24, 2.45) is 0 Å². The van der Waals surface area contributed by atoms with E-state index >= 15 is 0 Å². The number of methoxy groups -OCH3 is 1. The highest BCUT2D eigenvalue weighted by atomic mass is 16.5. The van der Waals surface area contributed by atoms with Gasteiger partial charge >= 0.3 is 11.8 Å². The van der Waals surface area contributed by atoms with Crippen molar-refractivity contribution in [3.63, 3.8) is 0 Å². The zero-order valence-electron chi connectivity index (χ0n) is 16.9. The van der Waals surface area contributed by atoms with Crippen molar-refractivity contribution in [1.29, 1.82) is 0 Å². The molecule has 8 heteroatoms. The van der Waals surface area contributed by atoms with Gasteiger partial charge in [0.2, 0.25) is 0 Å². The van der Waals surface area contributed by atoms with Crippen LogP contribution in [-0.2, 0) is 22.7 Å². The smallest absolute Gasteiger partial charge is 0.313 e. The van der Waals surface area contributed by atoms with Crippen LogP contribution in [0.15, 0.2) is 73.1 Å². The second-order valence-electron chi connectivity index (χ2n) is 6.53. The van der Waals surface area contributed by atoms with Gasteiger partial charge in [-0.15, -0.1) is 0 Å². The van der Waals surface area contributed by atoms with Crippen LogP contribution in [-0.4, -0.2) is 29.8 Å². The van der Waals surface area contributed by atoms with Gasteiger partial charge < -0.3 is 20.7 Å². The number of anilines is 1. The Morgan fingerprint density at radius 2 is 1.55 bits per heavy atom. The van der Waals surface area contributed by atoms with E-state index < -0.39 is 11.8 Å². The predicted molar refractivity (Wildman–Crippen MR) is 115 cm³/mol. The molecule has 2 aromatic carbocycles. The lowest BCUT2D eigenvalue weighted by atomic mass is 10.1. The number of aromatic nitrogens is 1. The van der Waals surface area contributed by atoms with Gasteiger partial charge in [0.05, 0.1) is 18.4 Å². The molecule has 0 fully saturated rings. The summed E-state index contributed by atoms with van der Waals surface area (Å²) in [5.41, 5.74) is 2.11. The number of nitrogens with zero attached hydrogens (tertiary/aromatic N) is 1. The van der Waals surface area contributed by atoms with Crippen LogP contribution >= 0.6 is 0 Å². The van der Waals surface area contributed by atoms with Crippen molar-refractivity contribution in [3.05, 3.63) is 89.7 Å². The summed E-state index contributed by atoms with van der Waals surface area (Å²) in [7, 11) is 1.56. The Morgan fingerprint density at radius 1 is 0.839 bits per heavy atom. The average molecular weight is 418 g/mol. The molecule has 3 amide bonds. The Kier molecular flexibility index (Phi) is 7.31. The molecule has 0 atom stereocenters. The molecule has 1 heterocycles. The first-order chi connectivity index (χ1) is 15.1. The van der Waals surface area contributed by atoms with Gasteiger partial charge in [-0.2, -0.15) is 0 Å². The summed E-state index contributed by atoms with van der Waals surface area (Å²) in [5, 5.41) is 7.84. The molecule has 0 bridgehead atoms. The summed E-state index contributed by atoms with van der Waals surface area (Å²) >= 11 is 0. The number of nitrogens with one attached hydrogen (secondary N) is 3. The van der Waals surface area contributed by atoms with E-state index in [1.807, 2.05) is 18.2 Å². The fourth-order valence-corrected chi connectivity index (χ4v) is 2.85. The van der Waals surface area contributed by atoms with Crippen LogP contribution in [0.2, 0.25) is 0 Å². The molecule has 0 aliphatic rings.